The number of aromatic nitrogens is 2. The van der Waals surface area contributed by atoms with Crippen molar-refractivity contribution in [3.63, 3.8) is 0 Å². The van der Waals surface area contributed by atoms with Gasteiger partial charge in [-0.25, -0.2) is 0 Å². The Morgan fingerprint density at radius 1 is 1.36 bits per heavy atom. The maximum Gasteiger partial charge on any atom is 0.273 e. The van der Waals surface area contributed by atoms with E-state index in [1.807, 2.05) is 31.3 Å². The Hall–Kier alpha value is -2.74. The van der Waals surface area contributed by atoms with Crippen LogP contribution in [0.5, 0.6) is 0 Å². The van der Waals surface area contributed by atoms with Crippen LogP contribution in [0.15, 0.2) is 36.5 Å². The summed E-state index contributed by atoms with van der Waals surface area (Å²) in [6.45, 7) is 0.995. The van der Waals surface area contributed by atoms with Gasteiger partial charge in [-0.2, -0.15) is 5.10 Å². The van der Waals surface area contributed by atoms with E-state index in [4.69, 9.17) is 0 Å². The molecule has 2 heterocycles. The molecule has 1 aromatic heterocycles. The van der Waals surface area contributed by atoms with Crippen molar-refractivity contribution in [2.45, 2.75) is 25.4 Å². The quantitative estimate of drug-likeness (QED) is 0.612. The largest absolute Gasteiger partial charge is 0.294 e. The minimum Gasteiger partial charge on any atom is -0.294 e. The summed E-state index contributed by atoms with van der Waals surface area (Å²) in [6, 6.07) is 8.16. The van der Waals surface area contributed by atoms with E-state index in [9.17, 15) is 14.9 Å². The average molecular weight is 343 g/mol. The van der Waals surface area contributed by atoms with Crippen LogP contribution in [0.4, 0.5) is 11.5 Å². The summed E-state index contributed by atoms with van der Waals surface area (Å²) >= 11 is 0. The Labute approximate surface area is 145 Å². The molecule has 0 unspecified atom stereocenters. The van der Waals surface area contributed by atoms with E-state index in [1.165, 1.54) is 6.07 Å². The fourth-order valence-corrected chi connectivity index (χ4v) is 3.24. The van der Waals surface area contributed by atoms with Crippen LogP contribution in [0.25, 0.3) is 0 Å². The summed E-state index contributed by atoms with van der Waals surface area (Å²) in [5, 5.41) is 15.5. The zero-order valence-corrected chi connectivity index (χ0v) is 14.3. The Balaban J connectivity index is 1.77. The monoisotopic (exact) mass is 343 g/mol. The molecular formula is C17H21N5O3. The lowest BCUT2D eigenvalue weighted by Crippen LogP contribution is -2.51. The first-order valence-electron chi connectivity index (χ1n) is 8.21. The SMILES string of the molecule is CN(Cc1ccccc1[N+](=O)[O-])[C@@H]1CCCN(c2ccn(C)n2)C1=O. The number of hydrogen-bond donors (Lipinski definition) is 0. The lowest BCUT2D eigenvalue weighted by molar-refractivity contribution is -0.385. The third kappa shape index (κ3) is 3.53. The molecule has 0 aliphatic carbocycles. The molecule has 8 heteroatoms. The van der Waals surface area contributed by atoms with Crippen molar-refractivity contribution in [2.75, 3.05) is 18.5 Å². The Morgan fingerprint density at radius 2 is 2.12 bits per heavy atom. The first-order chi connectivity index (χ1) is 12.0. The molecule has 1 aliphatic heterocycles. The van der Waals surface area contributed by atoms with Gasteiger partial charge >= 0.3 is 0 Å². The zero-order chi connectivity index (χ0) is 18.0. The van der Waals surface area contributed by atoms with E-state index in [0.29, 0.717) is 24.5 Å². The summed E-state index contributed by atoms with van der Waals surface area (Å²) in [6.07, 6.45) is 3.41. The van der Waals surface area contributed by atoms with Crippen molar-refractivity contribution < 1.29 is 9.72 Å². The van der Waals surface area contributed by atoms with Gasteiger partial charge in [-0.1, -0.05) is 18.2 Å². The number of nitrogens with zero attached hydrogens (tertiary/aromatic N) is 5. The number of hydrogen-bond acceptors (Lipinski definition) is 5. The third-order valence-electron chi connectivity index (χ3n) is 4.53. The van der Waals surface area contributed by atoms with Gasteiger partial charge in [0.25, 0.3) is 5.69 Å². The van der Waals surface area contributed by atoms with E-state index in [2.05, 4.69) is 5.10 Å². The van der Waals surface area contributed by atoms with E-state index in [-0.39, 0.29) is 22.6 Å². The van der Waals surface area contributed by atoms with Crippen LogP contribution in [-0.2, 0) is 18.4 Å². The van der Waals surface area contributed by atoms with Crippen LogP contribution in [0.1, 0.15) is 18.4 Å². The van der Waals surface area contributed by atoms with Crippen molar-refractivity contribution in [3.8, 4) is 0 Å². The summed E-state index contributed by atoms with van der Waals surface area (Å²) < 4.78 is 1.67. The second kappa shape index (κ2) is 7.02. The van der Waals surface area contributed by atoms with Gasteiger partial charge in [-0.3, -0.25) is 29.4 Å². The smallest absolute Gasteiger partial charge is 0.273 e. The number of carbonyl (C=O) groups excluding carboxylic acids is 1. The number of amides is 1. The van der Waals surface area contributed by atoms with Gasteiger partial charge in [0.15, 0.2) is 5.82 Å². The van der Waals surface area contributed by atoms with Gasteiger partial charge in [0.2, 0.25) is 5.91 Å². The Kier molecular flexibility index (Phi) is 4.80. The van der Waals surface area contributed by atoms with E-state index in [0.717, 1.165) is 12.8 Å². The summed E-state index contributed by atoms with van der Waals surface area (Å²) in [5.74, 6) is 0.641. The predicted molar refractivity (Wildman–Crippen MR) is 93.1 cm³/mol. The highest BCUT2D eigenvalue weighted by Gasteiger charge is 2.33. The van der Waals surface area contributed by atoms with Gasteiger partial charge in [0, 0.05) is 44.0 Å². The molecule has 0 N–H and O–H groups in total. The molecule has 2 aromatic rings. The van der Waals surface area contributed by atoms with Crippen LogP contribution >= 0.6 is 0 Å². The minimum atomic E-state index is -0.383. The molecule has 1 amide bonds. The van der Waals surface area contributed by atoms with Gasteiger partial charge in [0.1, 0.15) is 0 Å². The molecule has 8 nitrogen and oxygen atoms in total. The molecule has 1 aliphatic rings. The number of piperidine rings is 1. The molecule has 1 aromatic carbocycles. The fourth-order valence-electron chi connectivity index (χ4n) is 3.24. The number of anilines is 1. The van der Waals surface area contributed by atoms with E-state index in [1.54, 1.807) is 27.8 Å². The Bertz CT molecular complexity index is 788. The zero-order valence-electron chi connectivity index (χ0n) is 14.3. The predicted octanol–water partition coefficient (Wildman–Crippen LogP) is 1.96. The normalized spacial score (nSPS) is 18.0. The van der Waals surface area contributed by atoms with Gasteiger partial charge in [0.05, 0.1) is 11.0 Å². The van der Waals surface area contributed by atoms with Crippen LogP contribution in [-0.4, -0.2) is 45.1 Å². The number of likely N-dealkylation sites (N-methyl/N-ethyl adjacent to an activating group) is 1. The molecule has 25 heavy (non-hydrogen) atoms. The summed E-state index contributed by atoms with van der Waals surface area (Å²) in [7, 11) is 3.65. The lowest BCUT2D eigenvalue weighted by atomic mass is 10.0. The molecule has 3 rings (SSSR count). The summed E-state index contributed by atoms with van der Waals surface area (Å²) in [5.41, 5.74) is 0.692. The lowest BCUT2D eigenvalue weighted by Gasteiger charge is -2.35. The van der Waals surface area contributed by atoms with Crippen molar-refractivity contribution in [2.24, 2.45) is 7.05 Å². The van der Waals surface area contributed by atoms with Crippen molar-refractivity contribution in [1.82, 2.24) is 14.7 Å². The average Bonchev–Trinajstić information content (AvgIpc) is 3.01. The van der Waals surface area contributed by atoms with Crippen molar-refractivity contribution in [3.05, 3.63) is 52.2 Å². The van der Waals surface area contributed by atoms with E-state index < -0.39 is 0 Å². The highest BCUT2D eigenvalue weighted by Crippen LogP contribution is 2.25. The van der Waals surface area contributed by atoms with Gasteiger partial charge < -0.3 is 0 Å². The minimum absolute atomic E-state index is 0.00830. The van der Waals surface area contributed by atoms with Crippen molar-refractivity contribution >= 4 is 17.4 Å². The highest BCUT2D eigenvalue weighted by molar-refractivity contribution is 5.97. The van der Waals surface area contributed by atoms with E-state index >= 15 is 0 Å². The number of nitro benzene ring substituents is 1. The van der Waals surface area contributed by atoms with Crippen LogP contribution in [0.2, 0.25) is 0 Å². The molecule has 0 spiro atoms. The molecule has 132 valence electrons. The van der Waals surface area contributed by atoms with Crippen LogP contribution in [0, 0.1) is 10.1 Å². The standard InChI is InChI=1S/C17H21N5O3/c1-19(12-13-6-3-4-7-14(13)22(24)25)15-8-5-10-21(17(15)23)16-9-11-20(2)18-16/h3-4,6-7,9,11,15H,5,8,10,12H2,1-2H3/t15-/m1/s1. The second-order valence-corrected chi connectivity index (χ2v) is 6.30. The third-order valence-corrected chi connectivity index (χ3v) is 4.53. The Morgan fingerprint density at radius 3 is 2.80 bits per heavy atom. The van der Waals surface area contributed by atoms with Crippen LogP contribution in [0.3, 0.4) is 0 Å². The maximum atomic E-state index is 12.9. The fraction of sp³-hybridized carbons (Fsp3) is 0.412. The first kappa shape index (κ1) is 17.1. The number of para-hydroxylation sites is 1. The molecule has 0 saturated carbocycles. The van der Waals surface area contributed by atoms with Crippen molar-refractivity contribution in [1.29, 1.82) is 0 Å². The first-order valence-corrected chi connectivity index (χ1v) is 8.21. The van der Waals surface area contributed by atoms with Gasteiger partial charge in [-0.05, 0) is 19.9 Å². The summed E-state index contributed by atoms with van der Waals surface area (Å²) in [4.78, 5) is 27.3. The molecule has 0 bridgehead atoms. The molecule has 1 atom stereocenters. The number of carbonyl (C=O) groups is 1. The topological polar surface area (TPSA) is 84.5 Å². The number of aryl methyl sites for hydroxylation is 1. The molecule has 1 fully saturated rings. The maximum absolute atomic E-state index is 12.9. The number of benzene rings is 1. The molecule has 1 saturated heterocycles. The number of rotatable bonds is 5. The second-order valence-electron chi connectivity index (χ2n) is 6.30. The van der Waals surface area contributed by atoms with Crippen LogP contribution < -0.4 is 4.90 Å². The van der Waals surface area contributed by atoms with Gasteiger partial charge in [-0.15, -0.1) is 0 Å². The number of nitro groups is 1. The molecule has 0 radical (unpaired) electrons. The highest BCUT2D eigenvalue weighted by atomic mass is 16.6. The molecular weight excluding hydrogens is 322 g/mol.